The van der Waals surface area contributed by atoms with Crippen molar-refractivity contribution in [2.24, 2.45) is 0 Å². The molecule has 0 rings (SSSR count). The number of carboxylic acid groups (broad SMARTS) is 3. The van der Waals surface area contributed by atoms with Gasteiger partial charge < -0.3 is 80.8 Å². The molecule has 0 aromatic carbocycles. The molecule has 188 valence electrons. The predicted octanol–water partition coefficient (Wildman–Crippen LogP) is -19.2. The second-order valence-corrected chi connectivity index (χ2v) is 5.47. The van der Waals surface area contributed by atoms with Gasteiger partial charge in [0.25, 0.3) is 0 Å². The number of aliphatic carboxylic acids is 3. The second-order valence-electron chi connectivity index (χ2n) is 5.47. The summed E-state index contributed by atoms with van der Waals surface area (Å²) in [4.78, 5) is 30.0. The van der Waals surface area contributed by atoms with Crippen LogP contribution in [0.4, 0.5) is 0 Å². The van der Waals surface area contributed by atoms with Crippen LogP contribution in [0.15, 0.2) is 0 Å². The third kappa shape index (κ3) is 40.2. The first-order valence-electron chi connectivity index (χ1n) is 8.23. The van der Waals surface area contributed by atoms with Crippen LogP contribution in [0, 0.1) is 0 Å². The van der Waals surface area contributed by atoms with Crippen LogP contribution in [0.2, 0.25) is 0 Å². The van der Waals surface area contributed by atoms with E-state index < -0.39 is 54.7 Å². The van der Waals surface area contributed by atoms with Gasteiger partial charge in [-0.1, -0.05) is 0 Å². The number of hydrogen-bond donors (Lipinski definition) is 10. The maximum absolute atomic E-state index is 10.1. The van der Waals surface area contributed by atoms with Gasteiger partial charge in [0.1, 0.15) is 23.9 Å². The largest absolute Gasteiger partial charge is 1.00 e. The Morgan fingerprint density at radius 2 is 0.735 bits per heavy atom. The van der Waals surface area contributed by atoms with Gasteiger partial charge in [-0.2, -0.15) is 0 Å². The van der Waals surface area contributed by atoms with Crippen LogP contribution in [0.5, 0.6) is 0 Å². The number of carbonyl (C=O) groups excluding carboxylic acids is 3. The van der Waals surface area contributed by atoms with E-state index in [2.05, 4.69) is 0 Å². The van der Waals surface area contributed by atoms with Gasteiger partial charge in [-0.15, -0.1) is 0 Å². The van der Waals surface area contributed by atoms with Crippen molar-refractivity contribution in [1.29, 1.82) is 0 Å². The SMILES string of the molecule is O=C([O-])CC(O)(CC(=O)[O-])C(=O)[O-].OCC(O)CO.OCC(O)CO.OCC(O)CO.[Na+].[Na+].[Na+]. The van der Waals surface area contributed by atoms with Gasteiger partial charge in [-0.3, -0.25) is 0 Å². The molecule has 0 aromatic heterocycles. The molecule has 0 radical (unpaired) electrons. The van der Waals surface area contributed by atoms with Crippen LogP contribution in [0.3, 0.4) is 0 Å². The van der Waals surface area contributed by atoms with Crippen molar-refractivity contribution >= 4 is 17.9 Å². The topological polar surface area (TPSA) is 323 Å². The molecule has 0 fully saturated rings. The van der Waals surface area contributed by atoms with Crippen molar-refractivity contribution in [3.8, 4) is 0 Å². The zero-order valence-corrected chi connectivity index (χ0v) is 25.3. The maximum Gasteiger partial charge on any atom is 1.00 e. The molecule has 16 nitrogen and oxygen atoms in total. The summed E-state index contributed by atoms with van der Waals surface area (Å²) in [6, 6.07) is 0. The van der Waals surface area contributed by atoms with Gasteiger partial charge in [-0.05, 0) is 0 Å². The maximum atomic E-state index is 10.1. The fraction of sp³-hybridized carbons (Fsp3) is 0.800. The molecule has 0 atom stereocenters. The summed E-state index contributed by atoms with van der Waals surface area (Å²) >= 11 is 0. The summed E-state index contributed by atoms with van der Waals surface area (Å²) in [5.41, 5.74) is -2.97. The molecule has 34 heavy (non-hydrogen) atoms. The van der Waals surface area contributed by atoms with E-state index in [9.17, 15) is 29.7 Å². The molecular formula is C15H29Na3O16. The Kier molecular flexibility index (Phi) is 51.6. The van der Waals surface area contributed by atoms with Gasteiger partial charge in [0, 0.05) is 24.8 Å². The summed E-state index contributed by atoms with van der Waals surface area (Å²) in [6.07, 6.45) is -5.58. The summed E-state index contributed by atoms with van der Waals surface area (Å²) in [5, 5.41) is 111. The summed E-state index contributed by atoms with van der Waals surface area (Å²) in [7, 11) is 0. The number of rotatable bonds is 11. The van der Waals surface area contributed by atoms with Crippen LogP contribution in [0.25, 0.3) is 0 Å². The Morgan fingerprint density at radius 1 is 0.559 bits per heavy atom. The summed E-state index contributed by atoms with van der Waals surface area (Å²) in [6.45, 7) is -2.19. The fourth-order valence-electron chi connectivity index (χ4n) is 0.858. The fourth-order valence-corrected chi connectivity index (χ4v) is 0.858. The first-order valence-corrected chi connectivity index (χ1v) is 8.23. The molecular weight excluding hydrogens is 505 g/mol. The normalized spacial score (nSPS) is 9.44. The van der Waals surface area contributed by atoms with Crippen molar-refractivity contribution in [2.45, 2.75) is 36.8 Å². The first-order chi connectivity index (χ1) is 14.2. The number of aliphatic hydroxyl groups excluding tert-OH is 9. The quantitative estimate of drug-likeness (QED) is 0.110. The smallest absolute Gasteiger partial charge is 0.550 e. The molecule has 0 aromatic rings. The molecule has 0 spiro atoms. The second kappa shape index (κ2) is 34.0. The number of carbonyl (C=O) groups is 3. The minimum atomic E-state index is -2.97. The predicted molar refractivity (Wildman–Crippen MR) is 89.7 cm³/mol. The Morgan fingerprint density at radius 3 is 0.794 bits per heavy atom. The van der Waals surface area contributed by atoms with Crippen LogP contribution in [-0.4, -0.2) is 133 Å². The Balaban J connectivity index is -0.0000000598. The summed E-state index contributed by atoms with van der Waals surface area (Å²) < 4.78 is 0. The molecule has 0 heterocycles. The molecule has 0 saturated carbocycles. The van der Waals surface area contributed by atoms with Crippen molar-refractivity contribution in [2.75, 3.05) is 39.6 Å². The third-order valence-corrected chi connectivity index (χ3v) is 2.52. The van der Waals surface area contributed by atoms with Gasteiger partial charge in [0.05, 0.1) is 45.6 Å². The van der Waals surface area contributed by atoms with E-state index in [0.717, 1.165) is 0 Å². The van der Waals surface area contributed by atoms with E-state index in [-0.39, 0.29) is 128 Å². The molecule has 0 aliphatic rings. The van der Waals surface area contributed by atoms with Crippen molar-refractivity contribution in [3.63, 3.8) is 0 Å². The van der Waals surface area contributed by atoms with Crippen LogP contribution < -0.4 is 104 Å². The molecule has 0 saturated heterocycles. The van der Waals surface area contributed by atoms with E-state index in [0.29, 0.717) is 0 Å². The molecule has 19 heteroatoms. The average molecular weight is 534 g/mol. The number of aliphatic hydroxyl groups is 10. The average Bonchev–Trinajstić information content (AvgIpc) is 2.71. The zero-order chi connectivity index (χ0) is 25.6. The van der Waals surface area contributed by atoms with E-state index in [1.165, 1.54) is 0 Å². The van der Waals surface area contributed by atoms with E-state index in [4.69, 9.17) is 51.1 Å². The van der Waals surface area contributed by atoms with E-state index >= 15 is 0 Å². The molecule has 0 aliphatic heterocycles. The number of carboxylic acids is 3. The molecule has 0 aliphatic carbocycles. The number of hydrogen-bond acceptors (Lipinski definition) is 16. The van der Waals surface area contributed by atoms with Gasteiger partial charge in [0.2, 0.25) is 0 Å². The van der Waals surface area contributed by atoms with Gasteiger partial charge >= 0.3 is 88.7 Å². The van der Waals surface area contributed by atoms with Crippen LogP contribution in [-0.2, 0) is 14.4 Å². The Bertz CT molecular complexity index is 419. The first kappa shape index (κ1) is 51.6. The minimum absolute atomic E-state index is 0. The van der Waals surface area contributed by atoms with Gasteiger partial charge in [0.15, 0.2) is 0 Å². The van der Waals surface area contributed by atoms with Crippen molar-refractivity contribution in [3.05, 3.63) is 0 Å². The summed E-state index contributed by atoms with van der Waals surface area (Å²) in [5.74, 6) is -5.98. The monoisotopic (exact) mass is 534 g/mol. The Hall–Kier alpha value is 1.01. The van der Waals surface area contributed by atoms with E-state index in [1.807, 2.05) is 0 Å². The minimum Gasteiger partial charge on any atom is -0.550 e. The standard InChI is InChI=1S/C6H8O7.3C3H8O3.3Na/c7-3(8)1-6(13,5(11)12)2-4(9)10;3*4-1-3(6)2-5;;;/h13H,1-2H2,(H,7,8)(H,9,10)(H,11,12);3*3-6H,1-2H2;;;/q;;;;3*+1/p-3. The third-order valence-electron chi connectivity index (χ3n) is 2.52. The molecule has 10 N–H and O–H groups in total. The molecule has 0 bridgehead atoms. The van der Waals surface area contributed by atoms with Crippen LogP contribution >= 0.6 is 0 Å². The van der Waals surface area contributed by atoms with Gasteiger partial charge in [-0.25, -0.2) is 0 Å². The molecule has 0 amide bonds. The molecule has 0 unspecified atom stereocenters. The van der Waals surface area contributed by atoms with Crippen molar-refractivity contribution < 1.29 is 169 Å². The zero-order valence-electron chi connectivity index (χ0n) is 19.3. The Labute approximate surface area is 261 Å². The van der Waals surface area contributed by atoms with Crippen LogP contribution in [0.1, 0.15) is 12.8 Å². The van der Waals surface area contributed by atoms with E-state index in [1.54, 1.807) is 0 Å². The van der Waals surface area contributed by atoms with Crippen molar-refractivity contribution in [1.82, 2.24) is 0 Å².